The van der Waals surface area contributed by atoms with E-state index in [1.165, 1.54) is 43.5 Å². The molecule has 0 unspecified atom stereocenters. The first-order valence-corrected chi connectivity index (χ1v) is 17.5. The number of likely N-dealkylation sites (tertiary alicyclic amines) is 1. The van der Waals surface area contributed by atoms with E-state index in [0.717, 1.165) is 18.9 Å². The van der Waals surface area contributed by atoms with Gasteiger partial charge in [-0.1, -0.05) is 13.8 Å². The third-order valence-electron chi connectivity index (χ3n) is 9.65. The zero-order chi connectivity index (χ0) is 38.1. The molecule has 1 aliphatic heterocycles. The van der Waals surface area contributed by atoms with Crippen molar-refractivity contribution in [3.8, 4) is 23.0 Å². The Hall–Kier alpha value is -5.46. The van der Waals surface area contributed by atoms with Gasteiger partial charge >= 0.3 is 6.09 Å². The van der Waals surface area contributed by atoms with Crippen molar-refractivity contribution < 1.29 is 42.1 Å². The minimum absolute atomic E-state index is 0.0733. The summed E-state index contributed by atoms with van der Waals surface area (Å²) in [6.07, 6.45) is 2.79. The van der Waals surface area contributed by atoms with Gasteiger partial charge in [-0.2, -0.15) is 0 Å². The highest BCUT2D eigenvalue weighted by atomic mass is 19.1. The van der Waals surface area contributed by atoms with Gasteiger partial charge in [-0.15, -0.1) is 0 Å². The van der Waals surface area contributed by atoms with Gasteiger partial charge in [0.1, 0.15) is 17.2 Å². The van der Waals surface area contributed by atoms with Crippen LogP contribution in [0.4, 0.5) is 25.0 Å². The molecule has 2 heterocycles. The predicted octanol–water partition coefficient (Wildman–Crippen LogP) is 8.19. The number of halogens is 2. The number of methoxy groups -OCH3 is 1. The van der Waals surface area contributed by atoms with Crippen molar-refractivity contribution in [3.63, 3.8) is 0 Å². The summed E-state index contributed by atoms with van der Waals surface area (Å²) in [5.74, 6) is -1.73. The van der Waals surface area contributed by atoms with Gasteiger partial charge in [0.15, 0.2) is 23.1 Å². The van der Waals surface area contributed by atoms with Crippen LogP contribution in [-0.4, -0.2) is 60.2 Å². The molecule has 0 radical (unpaired) electrons. The second-order valence-corrected chi connectivity index (χ2v) is 15.1. The average Bonchev–Trinajstić information content (AvgIpc) is 3.70. The Morgan fingerprint density at radius 1 is 0.849 bits per heavy atom. The van der Waals surface area contributed by atoms with Crippen LogP contribution >= 0.6 is 0 Å². The molecule has 2 atom stereocenters. The minimum atomic E-state index is -0.710. The van der Waals surface area contributed by atoms with Gasteiger partial charge in [-0.3, -0.25) is 14.6 Å². The SMILES string of the molecule is COc1cc2c(Oc3ccc(NC(=O)[C@H]4[C@@H](C(=O)Nc5ccc(F)cc5)C4(C)C)cc3F)ccnc2cc1OCC1CCN(C(=O)OC(C)(C)C)CC1. The number of fused-ring (bicyclic) bond motifs is 1. The summed E-state index contributed by atoms with van der Waals surface area (Å²) >= 11 is 0. The van der Waals surface area contributed by atoms with Crippen molar-refractivity contribution in [1.82, 2.24) is 9.88 Å². The molecular formula is C40H44F2N4O7. The summed E-state index contributed by atoms with van der Waals surface area (Å²) in [6.45, 7) is 10.8. The van der Waals surface area contributed by atoms with E-state index in [2.05, 4.69) is 15.6 Å². The van der Waals surface area contributed by atoms with Crippen LogP contribution in [0.15, 0.2) is 66.9 Å². The van der Waals surface area contributed by atoms with Gasteiger partial charge in [0.05, 0.1) is 31.1 Å². The molecule has 6 rings (SSSR count). The highest BCUT2D eigenvalue weighted by Gasteiger charge is 2.65. The van der Waals surface area contributed by atoms with Crippen LogP contribution in [-0.2, 0) is 14.3 Å². The van der Waals surface area contributed by atoms with E-state index in [0.29, 0.717) is 53.5 Å². The molecular weight excluding hydrogens is 686 g/mol. The number of aromatic nitrogens is 1. The molecule has 0 bridgehead atoms. The van der Waals surface area contributed by atoms with Crippen LogP contribution in [0.1, 0.15) is 47.5 Å². The van der Waals surface area contributed by atoms with Gasteiger partial charge in [0.2, 0.25) is 11.8 Å². The van der Waals surface area contributed by atoms with Gasteiger partial charge in [0.25, 0.3) is 0 Å². The van der Waals surface area contributed by atoms with Crippen molar-refractivity contribution in [2.24, 2.45) is 23.2 Å². The minimum Gasteiger partial charge on any atom is -0.493 e. The maximum Gasteiger partial charge on any atom is 0.410 e. The third kappa shape index (κ3) is 8.61. The number of piperidine rings is 1. The quantitative estimate of drug-likeness (QED) is 0.167. The molecule has 280 valence electrons. The lowest BCUT2D eigenvalue weighted by Gasteiger charge is -2.33. The van der Waals surface area contributed by atoms with Crippen LogP contribution < -0.4 is 24.8 Å². The number of nitrogens with one attached hydrogen (secondary N) is 2. The van der Waals surface area contributed by atoms with Crippen LogP contribution in [0.3, 0.4) is 0 Å². The summed E-state index contributed by atoms with van der Waals surface area (Å²) in [6, 6.07) is 14.6. The lowest BCUT2D eigenvalue weighted by atomic mass is 9.98. The Bertz CT molecular complexity index is 2010. The molecule has 1 aliphatic carbocycles. The number of anilines is 2. The first-order chi connectivity index (χ1) is 25.1. The number of pyridine rings is 1. The average molecular weight is 731 g/mol. The molecule has 0 spiro atoms. The van der Waals surface area contributed by atoms with Gasteiger partial charge < -0.3 is 34.5 Å². The lowest BCUT2D eigenvalue weighted by Crippen LogP contribution is -2.42. The first kappa shape index (κ1) is 37.3. The first-order valence-electron chi connectivity index (χ1n) is 17.5. The summed E-state index contributed by atoms with van der Waals surface area (Å²) in [5.41, 5.74) is 0.00390. The van der Waals surface area contributed by atoms with Gasteiger partial charge in [0, 0.05) is 48.2 Å². The fourth-order valence-electron chi connectivity index (χ4n) is 6.68. The summed E-state index contributed by atoms with van der Waals surface area (Å²) in [4.78, 5) is 44.7. The molecule has 4 aromatic rings. The number of carbonyl (C=O) groups is 3. The van der Waals surface area contributed by atoms with E-state index in [9.17, 15) is 18.8 Å². The zero-order valence-corrected chi connectivity index (χ0v) is 30.6. The number of amides is 3. The van der Waals surface area contributed by atoms with Crippen LogP contribution in [0.25, 0.3) is 10.9 Å². The van der Waals surface area contributed by atoms with Crippen molar-refractivity contribution >= 4 is 40.2 Å². The summed E-state index contributed by atoms with van der Waals surface area (Å²) in [7, 11) is 1.53. The number of hydrogen-bond acceptors (Lipinski definition) is 8. The highest BCUT2D eigenvalue weighted by molar-refractivity contribution is 6.04. The molecule has 53 heavy (non-hydrogen) atoms. The zero-order valence-electron chi connectivity index (χ0n) is 30.6. The number of nitrogens with zero attached hydrogens (tertiary/aromatic N) is 2. The molecule has 2 fully saturated rings. The van der Waals surface area contributed by atoms with E-state index < -0.39 is 40.4 Å². The fourth-order valence-corrected chi connectivity index (χ4v) is 6.68. The number of ether oxygens (including phenoxy) is 4. The second-order valence-electron chi connectivity index (χ2n) is 15.1. The van der Waals surface area contributed by atoms with Crippen molar-refractivity contribution in [1.29, 1.82) is 0 Å². The molecule has 1 saturated carbocycles. The molecule has 11 nitrogen and oxygen atoms in total. The molecule has 2 aliphatic rings. The highest BCUT2D eigenvalue weighted by Crippen LogP contribution is 2.59. The summed E-state index contributed by atoms with van der Waals surface area (Å²) < 4.78 is 52.0. The second kappa shape index (κ2) is 14.9. The molecule has 13 heteroatoms. The largest absolute Gasteiger partial charge is 0.493 e. The maximum absolute atomic E-state index is 15.4. The number of rotatable bonds is 10. The van der Waals surface area contributed by atoms with Crippen molar-refractivity contribution in [2.75, 3.05) is 37.4 Å². The molecule has 2 N–H and O–H groups in total. The molecule has 1 aromatic heterocycles. The van der Waals surface area contributed by atoms with E-state index in [1.54, 1.807) is 29.3 Å². The standard InChI is InChI=1S/C40H44F2N4O7/c1-39(2,3)53-38(49)46-17-14-23(15-18-46)22-51-33-21-29-27(20-32(33)50-6)30(13-16-43-29)52-31-12-11-26(19-28(31)42)45-37(48)35-34(40(35,4)5)36(47)44-25-9-7-24(41)8-10-25/h7-13,16,19-21,23,34-35H,14-15,17-18,22H2,1-6H3,(H,44,47)(H,45,48)/t34-,35+/m0/s1. The van der Waals surface area contributed by atoms with Crippen LogP contribution in [0.2, 0.25) is 0 Å². The molecule has 1 saturated heterocycles. The molecule has 3 amide bonds. The Morgan fingerprint density at radius 2 is 1.49 bits per heavy atom. The molecule has 3 aromatic carbocycles. The Kier molecular flexibility index (Phi) is 10.5. The Morgan fingerprint density at radius 3 is 2.11 bits per heavy atom. The van der Waals surface area contributed by atoms with E-state index in [4.69, 9.17) is 18.9 Å². The van der Waals surface area contributed by atoms with E-state index in [1.807, 2.05) is 34.6 Å². The van der Waals surface area contributed by atoms with E-state index in [-0.39, 0.29) is 29.4 Å². The van der Waals surface area contributed by atoms with Crippen LogP contribution in [0, 0.1) is 34.8 Å². The normalized spacial score (nSPS) is 18.2. The smallest absolute Gasteiger partial charge is 0.410 e. The van der Waals surface area contributed by atoms with Crippen molar-refractivity contribution in [3.05, 3.63) is 78.5 Å². The predicted molar refractivity (Wildman–Crippen MR) is 195 cm³/mol. The van der Waals surface area contributed by atoms with Crippen LogP contribution in [0.5, 0.6) is 23.0 Å². The van der Waals surface area contributed by atoms with Gasteiger partial charge in [-0.05, 0) is 93.5 Å². The number of benzene rings is 3. The topological polar surface area (TPSA) is 128 Å². The number of carbonyl (C=O) groups excluding carboxylic acids is 3. The Balaban J connectivity index is 1.07. The van der Waals surface area contributed by atoms with Crippen molar-refractivity contribution in [2.45, 2.75) is 53.1 Å². The lowest BCUT2D eigenvalue weighted by molar-refractivity contribution is -0.122. The van der Waals surface area contributed by atoms with E-state index >= 15 is 4.39 Å². The monoisotopic (exact) mass is 730 g/mol. The summed E-state index contributed by atoms with van der Waals surface area (Å²) in [5, 5.41) is 6.02. The Labute approximate surface area is 306 Å². The fraction of sp³-hybridized carbons (Fsp3) is 0.400. The third-order valence-corrected chi connectivity index (χ3v) is 9.65. The van der Waals surface area contributed by atoms with Gasteiger partial charge in [-0.25, -0.2) is 13.6 Å². The number of hydrogen-bond donors (Lipinski definition) is 2. The maximum atomic E-state index is 15.4.